The monoisotopic (exact) mass is 284 g/mol. The SMILES string of the molecule is COC[C@@H](C)NC(=O)c1ccc2sc(Cl)nc2c1. The summed E-state index contributed by atoms with van der Waals surface area (Å²) in [6, 6.07) is 5.34. The molecule has 1 amide bonds. The number of carbonyl (C=O) groups is 1. The molecule has 1 aromatic carbocycles. The maximum absolute atomic E-state index is 12.0. The average Bonchev–Trinajstić information content (AvgIpc) is 2.68. The van der Waals surface area contributed by atoms with E-state index in [4.69, 9.17) is 16.3 Å². The number of nitrogens with zero attached hydrogens (tertiary/aromatic N) is 1. The van der Waals surface area contributed by atoms with Crippen molar-refractivity contribution >= 4 is 39.1 Å². The van der Waals surface area contributed by atoms with Crippen LogP contribution < -0.4 is 5.32 Å². The molecule has 1 heterocycles. The fourth-order valence-corrected chi connectivity index (χ4v) is 2.65. The zero-order chi connectivity index (χ0) is 13.1. The third kappa shape index (κ3) is 2.98. The van der Waals surface area contributed by atoms with Gasteiger partial charge in [-0.3, -0.25) is 4.79 Å². The van der Waals surface area contributed by atoms with Crippen molar-refractivity contribution in [1.29, 1.82) is 0 Å². The van der Waals surface area contributed by atoms with Crippen LogP contribution in [-0.2, 0) is 4.74 Å². The highest BCUT2D eigenvalue weighted by molar-refractivity contribution is 7.22. The Kier molecular flexibility index (Phi) is 4.16. The number of thiazole rings is 1. The number of hydrogen-bond acceptors (Lipinski definition) is 4. The number of ether oxygens (including phenoxy) is 1. The number of rotatable bonds is 4. The molecular formula is C12H13ClN2O2S. The van der Waals surface area contributed by atoms with Crippen LogP contribution in [0.15, 0.2) is 18.2 Å². The highest BCUT2D eigenvalue weighted by Gasteiger charge is 2.11. The van der Waals surface area contributed by atoms with Crippen LogP contribution in [0.5, 0.6) is 0 Å². The van der Waals surface area contributed by atoms with Gasteiger partial charge in [0, 0.05) is 18.7 Å². The van der Waals surface area contributed by atoms with Gasteiger partial charge in [0.2, 0.25) is 0 Å². The Hall–Kier alpha value is -1.17. The number of methoxy groups -OCH3 is 1. The molecule has 2 rings (SSSR count). The summed E-state index contributed by atoms with van der Waals surface area (Å²) in [7, 11) is 1.60. The molecule has 0 saturated carbocycles. The van der Waals surface area contributed by atoms with Crippen molar-refractivity contribution in [1.82, 2.24) is 10.3 Å². The normalized spacial score (nSPS) is 12.6. The number of nitrogens with one attached hydrogen (secondary N) is 1. The van der Waals surface area contributed by atoms with Crippen LogP contribution in [0, 0.1) is 0 Å². The molecule has 6 heteroatoms. The Balaban J connectivity index is 2.17. The third-order valence-corrected chi connectivity index (χ3v) is 3.56. The van der Waals surface area contributed by atoms with Crippen molar-refractivity contribution in [2.45, 2.75) is 13.0 Å². The minimum absolute atomic E-state index is 0.0304. The first kappa shape index (κ1) is 13.3. The highest BCUT2D eigenvalue weighted by atomic mass is 35.5. The van der Waals surface area contributed by atoms with Gasteiger partial charge in [-0.05, 0) is 25.1 Å². The number of halogens is 1. The number of hydrogen-bond donors (Lipinski definition) is 1. The number of benzene rings is 1. The Morgan fingerprint density at radius 2 is 2.39 bits per heavy atom. The van der Waals surface area contributed by atoms with E-state index in [1.54, 1.807) is 19.2 Å². The molecular weight excluding hydrogens is 272 g/mol. The fourth-order valence-electron chi connectivity index (χ4n) is 1.64. The van der Waals surface area contributed by atoms with E-state index in [9.17, 15) is 4.79 Å². The summed E-state index contributed by atoms with van der Waals surface area (Å²) in [6.07, 6.45) is 0. The molecule has 0 radical (unpaired) electrons. The van der Waals surface area contributed by atoms with Gasteiger partial charge in [0.25, 0.3) is 5.91 Å². The topological polar surface area (TPSA) is 51.2 Å². The van der Waals surface area contributed by atoms with E-state index in [1.165, 1.54) is 11.3 Å². The van der Waals surface area contributed by atoms with E-state index < -0.39 is 0 Å². The van der Waals surface area contributed by atoms with Crippen molar-refractivity contribution in [2.24, 2.45) is 0 Å². The smallest absolute Gasteiger partial charge is 0.251 e. The Bertz CT molecular complexity index is 570. The zero-order valence-electron chi connectivity index (χ0n) is 10.1. The summed E-state index contributed by atoms with van der Waals surface area (Å²) in [5.74, 6) is -0.134. The largest absolute Gasteiger partial charge is 0.383 e. The van der Waals surface area contributed by atoms with Gasteiger partial charge >= 0.3 is 0 Å². The van der Waals surface area contributed by atoms with Crippen molar-refractivity contribution in [3.63, 3.8) is 0 Å². The van der Waals surface area contributed by atoms with E-state index in [-0.39, 0.29) is 11.9 Å². The Morgan fingerprint density at radius 1 is 1.61 bits per heavy atom. The van der Waals surface area contributed by atoms with Gasteiger partial charge in [-0.2, -0.15) is 0 Å². The molecule has 0 bridgehead atoms. The van der Waals surface area contributed by atoms with Gasteiger partial charge < -0.3 is 10.1 Å². The van der Waals surface area contributed by atoms with Crippen LogP contribution in [0.3, 0.4) is 0 Å². The van der Waals surface area contributed by atoms with Crippen molar-refractivity contribution in [3.05, 3.63) is 28.2 Å². The van der Waals surface area contributed by atoms with Crippen molar-refractivity contribution < 1.29 is 9.53 Å². The molecule has 0 spiro atoms. The molecule has 18 heavy (non-hydrogen) atoms. The van der Waals surface area contributed by atoms with Gasteiger partial charge in [-0.1, -0.05) is 11.6 Å². The quantitative estimate of drug-likeness (QED) is 0.939. The van der Waals surface area contributed by atoms with E-state index in [2.05, 4.69) is 10.3 Å². The summed E-state index contributed by atoms with van der Waals surface area (Å²) >= 11 is 7.23. The van der Waals surface area contributed by atoms with Crippen molar-refractivity contribution in [3.8, 4) is 0 Å². The molecule has 2 aromatic rings. The molecule has 96 valence electrons. The Labute approximate surface area is 114 Å². The zero-order valence-corrected chi connectivity index (χ0v) is 11.6. The standard InChI is InChI=1S/C12H13ClN2O2S/c1-7(6-17-2)14-11(16)8-3-4-10-9(5-8)15-12(13)18-10/h3-5,7H,6H2,1-2H3,(H,14,16)/t7-/m1/s1. The molecule has 1 aromatic heterocycles. The van der Waals surface area contributed by atoms with E-state index >= 15 is 0 Å². The summed E-state index contributed by atoms with van der Waals surface area (Å²) < 4.78 is 6.43. The molecule has 1 N–H and O–H groups in total. The molecule has 1 atom stereocenters. The maximum atomic E-state index is 12.0. The summed E-state index contributed by atoms with van der Waals surface area (Å²) in [5.41, 5.74) is 1.32. The predicted octanol–water partition coefficient (Wildman–Crippen LogP) is 2.71. The molecule has 0 fully saturated rings. The summed E-state index contributed by atoms with van der Waals surface area (Å²) in [6.45, 7) is 2.37. The molecule has 0 saturated heterocycles. The minimum atomic E-state index is -0.134. The van der Waals surface area contributed by atoms with Gasteiger partial charge in [-0.15, -0.1) is 11.3 Å². The summed E-state index contributed by atoms with van der Waals surface area (Å²) in [4.78, 5) is 16.1. The third-order valence-electron chi connectivity index (χ3n) is 2.42. The lowest BCUT2D eigenvalue weighted by Crippen LogP contribution is -2.35. The van der Waals surface area contributed by atoms with E-state index in [0.717, 1.165) is 10.2 Å². The summed E-state index contributed by atoms with van der Waals surface area (Å²) in [5, 5.41) is 2.85. The van der Waals surface area contributed by atoms with Gasteiger partial charge in [0.15, 0.2) is 4.47 Å². The first-order chi connectivity index (χ1) is 8.60. The van der Waals surface area contributed by atoms with E-state index in [1.807, 2.05) is 13.0 Å². The Morgan fingerprint density at radius 3 is 3.11 bits per heavy atom. The maximum Gasteiger partial charge on any atom is 0.251 e. The number of amides is 1. The van der Waals surface area contributed by atoms with Gasteiger partial charge in [-0.25, -0.2) is 4.98 Å². The van der Waals surface area contributed by atoms with Crippen molar-refractivity contribution in [2.75, 3.05) is 13.7 Å². The predicted molar refractivity (Wildman–Crippen MR) is 73.4 cm³/mol. The van der Waals surface area contributed by atoms with Gasteiger partial charge in [0.1, 0.15) is 0 Å². The van der Waals surface area contributed by atoms with Crippen LogP contribution in [0.2, 0.25) is 4.47 Å². The first-order valence-electron chi connectivity index (χ1n) is 5.46. The molecule has 0 aliphatic heterocycles. The second kappa shape index (κ2) is 5.65. The lowest BCUT2D eigenvalue weighted by Gasteiger charge is -2.12. The van der Waals surface area contributed by atoms with Gasteiger partial charge in [0.05, 0.1) is 16.8 Å². The minimum Gasteiger partial charge on any atom is -0.383 e. The van der Waals surface area contributed by atoms with Crippen LogP contribution in [0.1, 0.15) is 17.3 Å². The van der Waals surface area contributed by atoms with Crippen LogP contribution in [0.25, 0.3) is 10.2 Å². The molecule has 0 unspecified atom stereocenters. The lowest BCUT2D eigenvalue weighted by molar-refractivity contribution is 0.0905. The van der Waals surface area contributed by atoms with Crippen LogP contribution in [0.4, 0.5) is 0 Å². The second-order valence-corrected chi connectivity index (χ2v) is 5.59. The second-order valence-electron chi connectivity index (χ2n) is 3.98. The molecule has 4 nitrogen and oxygen atoms in total. The highest BCUT2D eigenvalue weighted by Crippen LogP contribution is 2.26. The number of carbonyl (C=O) groups excluding carboxylic acids is 1. The molecule has 0 aliphatic carbocycles. The fraction of sp³-hybridized carbons (Fsp3) is 0.333. The van der Waals surface area contributed by atoms with E-state index in [0.29, 0.717) is 16.6 Å². The average molecular weight is 285 g/mol. The van der Waals surface area contributed by atoms with Crippen LogP contribution >= 0.6 is 22.9 Å². The lowest BCUT2D eigenvalue weighted by atomic mass is 10.2. The molecule has 0 aliphatic rings. The number of aromatic nitrogens is 1. The number of fused-ring (bicyclic) bond motifs is 1. The van der Waals surface area contributed by atoms with Crippen LogP contribution in [-0.4, -0.2) is 30.6 Å². The first-order valence-corrected chi connectivity index (χ1v) is 6.65.